The summed E-state index contributed by atoms with van der Waals surface area (Å²) in [6.07, 6.45) is 7.03. The van der Waals surface area contributed by atoms with E-state index >= 15 is 0 Å². The second-order valence-electron chi connectivity index (χ2n) is 4.72. The van der Waals surface area contributed by atoms with Gasteiger partial charge in [0.05, 0.1) is 18.8 Å². The van der Waals surface area contributed by atoms with Crippen LogP contribution in [0.1, 0.15) is 39.0 Å². The van der Waals surface area contributed by atoms with Gasteiger partial charge < -0.3 is 14.8 Å². The third-order valence-electron chi connectivity index (χ3n) is 3.60. The Bertz CT molecular complexity index is 163. The van der Waals surface area contributed by atoms with Gasteiger partial charge in [0.25, 0.3) is 0 Å². The quantitative estimate of drug-likeness (QED) is 0.726. The molecule has 0 aromatic heterocycles. The topological polar surface area (TPSA) is 30.5 Å². The zero-order valence-electron chi connectivity index (χ0n) is 11.0. The summed E-state index contributed by atoms with van der Waals surface area (Å²) in [5.74, 6) is 0.706. The molecule has 0 saturated heterocycles. The molecule has 2 atom stereocenters. The van der Waals surface area contributed by atoms with E-state index in [0.717, 1.165) is 13.2 Å². The van der Waals surface area contributed by atoms with E-state index in [0.29, 0.717) is 18.1 Å². The number of likely N-dealkylation sites (N-methyl/N-ethyl adjacent to an activating group) is 1. The highest BCUT2D eigenvalue weighted by Crippen LogP contribution is 2.29. The van der Waals surface area contributed by atoms with Crippen molar-refractivity contribution in [3.05, 3.63) is 0 Å². The zero-order chi connectivity index (χ0) is 11.8. The molecule has 0 radical (unpaired) electrons. The fourth-order valence-electron chi connectivity index (χ4n) is 2.86. The molecule has 1 fully saturated rings. The highest BCUT2D eigenvalue weighted by molar-refractivity contribution is 4.84. The van der Waals surface area contributed by atoms with E-state index in [9.17, 15) is 0 Å². The number of hydrogen-bond donors (Lipinski definition) is 1. The Morgan fingerprint density at radius 3 is 2.38 bits per heavy atom. The standard InChI is InChI=1S/C13H27NO2/c1-4-14-12(10-15-2)13(16-3)11-8-6-5-7-9-11/h11-14H,4-10H2,1-3H3. The second-order valence-corrected chi connectivity index (χ2v) is 4.72. The first-order chi connectivity index (χ1) is 7.83. The molecule has 0 bridgehead atoms. The Morgan fingerprint density at radius 2 is 1.88 bits per heavy atom. The summed E-state index contributed by atoms with van der Waals surface area (Å²) in [6, 6.07) is 0.336. The summed E-state index contributed by atoms with van der Waals surface area (Å²) < 4.78 is 11.0. The molecular formula is C13H27NO2. The summed E-state index contributed by atoms with van der Waals surface area (Å²) in [6.45, 7) is 3.85. The second kappa shape index (κ2) is 8.04. The molecule has 1 aliphatic carbocycles. The number of ether oxygens (including phenoxy) is 2. The molecule has 1 N–H and O–H groups in total. The van der Waals surface area contributed by atoms with Crippen LogP contribution >= 0.6 is 0 Å². The van der Waals surface area contributed by atoms with Gasteiger partial charge in [0.15, 0.2) is 0 Å². The molecule has 16 heavy (non-hydrogen) atoms. The molecule has 0 amide bonds. The fraction of sp³-hybridized carbons (Fsp3) is 1.00. The van der Waals surface area contributed by atoms with Crippen LogP contribution in [-0.4, -0.2) is 39.5 Å². The third kappa shape index (κ3) is 4.04. The molecule has 1 saturated carbocycles. The zero-order valence-corrected chi connectivity index (χ0v) is 11.0. The van der Waals surface area contributed by atoms with Crippen molar-refractivity contribution in [2.75, 3.05) is 27.4 Å². The van der Waals surface area contributed by atoms with Gasteiger partial charge in [0, 0.05) is 14.2 Å². The largest absolute Gasteiger partial charge is 0.383 e. The first-order valence-electron chi connectivity index (χ1n) is 6.58. The molecule has 1 aliphatic rings. The van der Waals surface area contributed by atoms with E-state index in [2.05, 4.69) is 12.2 Å². The molecular weight excluding hydrogens is 202 g/mol. The van der Waals surface area contributed by atoms with Crippen LogP contribution in [0.15, 0.2) is 0 Å². The number of rotatable bonds is 7. The van der Waals surface area contributed by atoms with Crippen LogP contribution in [0.5, 0.6) is 0 Å². The monoisotopic (exact) mass is 229 g/mol. The number of hydrogen-bond acceptors (Lipinski definition) is 3. The maximum Gasteiger partial charge on any atom is 0.0774 e. The van der Waals surface area contributed by atoms with Crippen LogP contribution in [0.3, 0.4) is 0 Å². The SMILES string of the molecule is CCNC(COC)C(OC)C1CCCCC1. The molecule has 3 heteroatoms. The van der Waals surface area contributed by atoms with E-state index in [1.54, 1.807) is 7.11 Å². The van der Waals surface area contributed by atoms with Crippen LogP contribution in [0.2, 0.25) is 0 Å². The molecule has 0 aromatic carbocycles. The molecule has 3 nitrogen and oxygen atoms in total. The van der Waals surface area contributed by atoms with Gasteiger partial charge in [-0.2, -0.15) is 0 Å². The first kappa shape index (κ1) is 13.9. The summed E-state index contributed by atoms with van der Waals surface area (Å²) >= 11 is 0. The Labute approximate surface area is 99.9 Å². The van der Waals surface area contributed by atoms with Crippen molar-refractivity contribution in [3.8, 4) is 0 Å². The van der Waals surface area contributed by atoms with Crippen LogP contribution in [0, 0.1) is 5.92 Å². The van der Waals surface area contributed by atoms with Crippen LogP contribution < -0.4 is 5.32 Å². The Hall–Kier alpha value is -0.120. The van der Waals surface area contributed by atoms with Crippen molar-refractivity contribution in [2.45, 2.75) is 51.2 Å². The summed E-state index contributed by atoms with van der Waals surface area (Å²) in [4.78, 5) is 0. The lowest BCUT2D eigenvalue weighted by Crippen LogP contribution is -2.48. The summed E-state index contributed by atoms with van der Waals surface area (Å²) in [7, 11) is 3.59. The van der Waals surface area contributed by atoms with E-state index in [4.69, 9.17) is 9.47 Å². The first-order valence-corrected chi connectivity index (χ1v) is 6.58. The van der Waals surface area contributed by atoms with Crippen molar-refractivity contribution in [1.82, 2.24) is 5.32 Å². The molecule has 0 aliphatic heterocycles. The molecule has 1 rings (SSSR count). The van der Waals surface area contributed by atoms with Crippen molar-refractivity contribution >= 4 is 0 Å². The van der Waals surface area contributed by atoms with Crippen molar-refractivity contribution in [1.29, 1.82) is 0 Å². The van der Waals surface area contributed by atoms with Gasteiger partial charge in [0.1, 0.15) is 0 Å². The normalized spacial score (nSPS) is 21.9. The molecule has 0 aromatic rings. The lowest BCUT2D eigenvalue weighted by atomic mass is 9.82. The highest BCUT2D eigenvalue weighted by atomic mass is 16.5. The predicted molar refractivity (Wildman–Crippen MR) is 66.7 cm³/mol. The van der Waals surface area contributed by atoms with Crippen molar-refractivity contribution < 1.29 is 9.47 Å². The van der Waals surface area contributed by atoms with Crippen molar-refractivity contribution in [2.24, 2.45) is 5.92 Å². The number of nitrogens with one attached hydrogen (secondary N) is 1. The maximum atomic E-state index is 5.71. The van der Waals surface area contributed by atoms with Gasteiger partial charge in [0.2, 0.25) is 0 Å². The highest BCUT2D eigenvalue weighted by Gasteiger charge is 2.30. The minimum Gasteiger partial charge on any atom is -0.383 e. The average Bonchev–Trinajstić information content (AvgIpc) is 2.32. The molecule has 0 heterocycles. The third-order valence-corrected chi connectivity index (χ3v) is 3.60. The summed E-state index contributed by atoms with van der Waals surface area (Å²) in [5.41, 5.74) is 0. The van der Waals surface area contributed by atoms with Gasteiger partial charge in [-0.25, -0.2) is 0 Å². The maximum absolute atomic E-state index is 5.71. The Kier molecular flexibility index (Phi) is 7.01. The smallest absolute Gasteiger partial charge is 0.0774 e. The predicted octanol–water partition coefficient (Wildman–Crippen LogP) is 2.21. The van der Waals surface area contributed by atoms with Crippen LogP contribution in [0.4, 0.5) is 0 Å². The van der Waals surface area contributed by atoms with Gasteiger partial charge in [-0.3, -0.25) is 0 Å². The van der Waals surface area contributed by atoms with E-state index in [1.807, 2.05) is 7.11 Å². The molecule has 2 unspecified atom stereocenters. The van der Waals surface area contributed by atoms with Crippen LogP contribution in [0.25, 0.3) is 0 Å². The van der Waals surface area contributed by atoms with Gasteiger partial charge in [-0.15, -0.1) is 0 Å². The average molecular weight is 229 g/mol. The number of methoxy groups -OCH3 is 2. The fourth-order valence-corrected chi connectivity index (χ4v) is 2.86. The van der Waals surface area contributed by atoms with E-state index < -0.39 is 0 Å². The van der Waals surface area contributed by atoms with Crippen molar-refractivity contribution in [3.63, 3.8) is 0 Å². The van der Waals surface area contributed by atoms with E-state index in [1.165, 1.54) is 32.1 Å². The lowest BCUT2D eigenvalue weighted by Gasteiger charge is -2.35. The molecule has 0 spiro atoms. The Balaban J connectivity index is 2.52. The van der Waals surface area contributed by atoms with Gasteiger partial charge in [-0.05, 0) is 25.3 Å². The minimum absolute atomic E-state index is 0.306. The minimum atomic E-state index is 0.306. The van der Waals surface area contributed by atoms with Gasteiger partial charge >= 0.3 is 0 Å². The van der Waals surface area contributed by atoms with Crippen LogP contribution in [-0.2, 0) is 9.47 Å². The lowest BCUT2D eigenvalue weighted by molar-refractivity contribution is -0.0126. The van der Waals surface area contributed by atoms with E-state index in [-0.39, 0.29) is 0 Å². The Morgan fingerprint density at radius 1 is 1.19 bits per heavy atom. The molecule has 96 valence electrons. The van der Waals surface area contributed by atoms with Gasteiger partial charge in [-0.1, -0.05) is 26.2 Å². The summed E-state index contributed by atoms with van der Waals surface area (Å²) in [5, 5.41) is 3.48.